The molecule has 122 valence electrons. The zero-order chi connectivity index (χ0) is 17.1. The first-order chi connectivity index (χ1) is 10.9. The molecule has 23 heavy (non-hydrogen) atoms. The molecule has 0 aromatic heterocycles. The minimum atomic E-state index is -0.607. The number of nitrogens with two attached hydrogens (primary N) is 1. The van der Waals surface area contributed by atoms with Crippen molar-refractivity contribution in [2.24, 2.45) is 0 Å². The first kappa shape index (κ1) is 16.2. The number of nitro benzene ring substituents is 1. The Morgan fingerprint density at radius 1 is 1.17 bits per heavy atom. The predicted octanol–water partition coefficient (Wildman–Crippen LogP) is 2.20. The summed E-state index contributed by atoms with van der Waals surface area (Å²) in [6, 6.07) is 5.22. The topological polar surface area (TPSA) is 128 Å². The molecule has 0 bridgehead atoms. The zero-order valence-electron chi connectivity index (χ0n) is 12.6. The van der Waals surface area contributed by atoms with Gasteiger partial charge in [-0.05, 0) is 0 Å². The summed E-state index contributed by atoms with van der Waals surface area (Å²) in [6.45, 7) is 0. The Kier molecular flexibility index (Phi) is 4.44. The molecule has 0 aliphatic heterocycles. The molecular weight excluding hydrogens is 304 g/mol. The molecule has 8 nitrogen and oxygen atoms in total. The van der Waals surface area contributed by atoms with Crippen LogP contribution >= 0.6 is 0 Å². The molecule has 0 atom stereocenters. The van der Waals surface area contributed by atoms with E-state index < -0.39 is 4.92 Å². The van der Waals surface area contributed by atoms with Crippen molar-refractivity contribution in [3.05, 3.63) is 45.5 Å². The third-order valence-corrected chi connectivity index (χ3v) is 3.40. The van der Waals surface area contributed by atoms with Gasteiger partial charge in [0.05, 0.1) is 24.8 Å². The quantitative estimate of drug-likeness (QED) is 0.333. The first-order valence-corrected chi connectivity index (χ1v) is 6.57. The number of methoxy groups -OCH3 is 2. The highest BCUT2D eigenvalue weighted by Gasteiger charge is 2.19. The molecule has 0 heterocycles. The van der Waals surface area contributed by atoms with Crippen LogP contribution in [0.1, 0.15) is 11.1 Å². The van der Waals surface area contributed by atoms with Gasteiger partial charge in [0, 0.05) is 41.8 Å². The van der Waals surface area contributed by atoms with Gasteiger partial charge in [-0.1, -0.05) is 0 Å². The van der Waals surface area contributed by atoms with Crippen molar-refractivity contribution in [3.63, 3.8) is 0 Å². The summed E-state index contributed by atoms with van der Waals surface area (Å²) in [7, 11) is 2.86. The van der Waals surface area contributed by atoms with Crippen molar-refractivity contribution in [1.82, 2.24) is 0 Å². The number of rotatable bonds is 5. The minimum Gasteiger partial charge on any atom is -0.507 e. The maximum absolute atomic E-state index is 10.9. The Morgan fingerprint density at radius 3 is 2.43 bits per heavy atom. The van der Waals surface area contributed by atoms with Crippen LogP contribution in [0.15, 0.2) is 24.3 Å². The third-order valence-electron chi connectivity index (χ3n) is 3.40. The van der Waals surface area contributed by atoms with E-state index in [-0.39, 0.29) is 34.9 Å². The smallest absolute Gasteiger partial charge is 0.272 e. The molecule has 2 aromatic rings. The van der Waals surface area contributed by atoms with Crippen LogP contribution in [0.4, 0.5) is 11.4 Å². The van der Waals surface area contributed by atoms with Crippen molar-refractivity contribution in [1.29, 1.82) is 0 Å². The van der Waals surface area contributed by atoms with Crippen molar-refractivity contribution in [2.75, 3.05) is 20.0 Å². The van der Waals surface area contributed by atoms with Gasteiger partial charge in [0.25, 0.3) is 5.69 Å². The van der Waals surface area contributed by atoms with Crippen molar-refractivity contribution < 1.29 is 24.6 Å². The van der Waals surface area contributed by atoms with Crippen molar-refractivity contribution >= 4 is 11.4 Å². The minimum absolute atomic E-state index is 0.00326. The fourth-order valence-corrected chi connectivity index (χ4v) is 2.22. The molecule has 0 amide bonds. The van der Waals surface area contributed by atoms with Crippen LogP contribution < -0.4 is 15.2 Å². The molecular formula is C15H16N2O6. The average Bonchev–Trinajstić information content (AvgIpc) is 2.52. The average molecular weight is 320 g/mol. The number of phenols is 2. The highest BCUT2D eigenvalue weighted by atomic mass is 16.6. The maximum Gasteiger partial charge on any atom is 0.272 e. The Morgan fingerprint density at radius 2 is 1.87 bits per heavy atom. The van der Waals surface area contributed by atoms with Crippen LogP contribution in [-0.2, 0) is 6.42 Å². The molecule has 2 aromatic carbocycles. The van der Waals surface area contributed by atoms with Crippen LogP contribution in [0.25, 0.3) is 0 Å². The fraction of sp³-hybridized carbons (Fsp3) is 0.200. The Labute approximate surface area is 131 Å². The number of ether oxygens (including phenoxy) is 2. The largest absolute Gasteiger partial charge is 0.507 e. The van der Waals surface area contributed by atoms with Crippen molar-refractivity contribution in [2.45, 2.75) is 6.42 Å². The first-order valence-electron chi connectivity index (χ1n) is 6.57. The lowest BCUT2D eigenvalue weighted by atomic mass is 10.0. The van der Waals surface area contributed by atoms with Gasteiger partial charge in [-0.2, -0.15) is 0 Å². The number of hydrogen-bond acceptors (Lipinski definition) is 7. The van der Waals surface area contributed by atoms with E-state index in [2.05, 4.69) is 0 Å². The summed E-state index contributed by atoms with van der Waals surface area (Å²) in [5, 5.41) is 31.1. The summed E-state index contributed by atoms with van der Waals surface area (Å²) in [6.07, 6.45) is -0.00326. The number of non-ortho nitro benzene ring substituents is 1. The number of nitro groups is 1. The van der Waals surface area contributed by atoms with Gasteiger partial charge in [0.15, 0.2) is 0 Å². The van der Waals surface area contributed by atoms with Crippen LogP contribution in [0.2, 0.25) is 0 Å². The molecule has 2 rings (SSSR count). The second kappa shape index (κ2) is 6.30. The van der Waals surface area contributed by atoms with E-state index in [4.69, 9.17) is 15.2 Å². The van der Waals surface area contributed by atoms with E-state index in [1.807, 2.05) is 0 Å². The molecule has 8 heteroatoms. The van der Waals surface area contributed by atoms with Gasteiger partial charge < -0.3 is 25.4 Å². The van der Waals surface area contributed by atoms with Crippen LogP contribution in [0, 0.1) is 10.1 Å². The van der Waals surface area contributed by atoms with Crippen LogP contribution in [-0.4, -0.2) is 29.4 Å². The number of benzene rings is 2. The lowest BCUT2D eigenvalue weighted by molar-refractivity contribution is -0.384. The number of phenolic OH excluding ortho intramolecular Hbond substituents is 2. The monoisotopic (exact) mass is 320 g/mol. The number of aromatic hydroxyl groups is 2. The molecule has 0 radical (unpaired) electrons. The Bertz CT molecular complexity index is 760. The summed E-state index contributed by atoms with van der Waals surface area (Å²) in [4.78, 5) is 10.3. The molecule has 4 N–H and O–H groups in total. The Hall–Kier alpha value is -3.16. The molecule has 0 spiro atoms. The van der Waals surface area contributed by atoms with E-state index in [1.165, 1.54) is 26.4 Å². The molecule has 0 unspecified atom stereocenters. The Balaban J connectivity index is 2.53. The summed E-state index contributed by atoms with van der Waals surface area (Å²) < 4.78 is 10.2. The van der Waals surface area contributed by atoms with E-state index in [1.54, 1.807) is 6.07 Å². The van der Waals surface area contributed by atoms with Gasteiger partial charge >= 0.3 is 0 Å². The zero-order valence-corrected chi connectivity index (χ0v) is 12.6. The van der Waals surface area contributed by atoms with E-state index in [9.17, 15) is 20.3 Å². The molecule has 0 saturated heterocycles. The van der Waals surface area contributed by atoms with Gasteiger partial charge in [0.2, 0.25) is 0 Å². The van der Waals surface area contributed by atoms with Gasteiger partial charge in [-0.25, -0.2) is 0 Å². The summed E-state index contributed by atoms with van der Waals surface area (Å²) >= 11 is 0. The standard InChI is InChI=1S/C15H16N2O6/c1-22-10-6-13(18)11(14(7-10)23-2)4-8-3-9(17(20)21)5-12(16)15(8)19/h3,5-7,18-19H,4,16H2,1-2H3. The summed E-state index contributed by atoms with van der Waals surface area (Å²) in [5.74, 6) is 0.329. The van der Waals surface area contributed by atoms with Crippen LogP contribution in [0.3, 0.4) is 0 Å². The third kappa shape index (κ3) is 3.20. The number of nitrogens with zero attached hydrogens (tertiary/aromatic N) is 1. The van der Waals surface area contributed by atoms with E-state index in [0.29, 0.717) is 17.1 Å². The lowest BCUT2D eigenvalue weighted by Gasteiger charge is -2.14. The molecule has 0 aliphatic rings. The SMILES string of the molecule is COc1cc(O)c(Cc2cc([N+](=O)[O-])cc(N)c2O)c(OC)c1. The fourth-order valence-electron chi connectivity index (χ4n) is 2.22. The van der Waals surface area contributed by atoms with Gasteiger partial charge in [-0.3, -0.25) is 10.1 Å². The number of nitrogen functional groups attached to an aromatic ring is 1. The molecule has 0 fully saturated rings. The summed E-state index contributed by atoms with van der Waals surface area (Å²) in [5.41, 5.74) is 5.80. The number of hydrogen-bond donors (Lipinski definition) is 3. The second-order valence-corrected chi connectivity index (χ2v) is 4.80. The van der Waals surface area contributed by atoms with Crippen molar-refractivity contribution in [3.8, 4) is 23.0 Å². The molecule has 0 saturated carbocycles. The molecule has 0 aliphatic carbocycles. The second-order valence-electron chi connectivity index (χ2n) is 4.80. The van der Waals surface area contributed by atoms with E-state index >= 15 is 0 Å². The highest BCUT2D eigenvalue weighted by Crippen LogP contribution is 2.38. The normalized spacial score (nSPS) is 10.3. The van der Waals surface area contributed by atoms with E-state index in [0.717, 1.165) is 6.07 Å². The number of anilines is 1. The predicted molar refractivity (Wildman–Crippen MR) is 83.2 cm³/mol. The van der Waals surface area contributed by atoms with Gasteiger partial charge in [-0.15, -0.1) is 0 Å². The van der Waals surface area contributed by atoms with Crippen LogP contribution in [0.5, 0.6) is 23.0 Å². The van der Waals surface area contributed by atoms with Gasteiger partial charge in [0.1, 0.15) is 23.0 Å². The maximum atomic E-state index is 10.9. The highest BCUT2D eigenvalue weighted by molar-refractivity contribution is 5.64. The lowest BCUT2D eigenvalue weighted by Crippen LogP contribution is -2.00.